The van der Waals surface area contributed by atoms with Crippen LogP contribution in [-0.2, 0) is 9.59 Å². The van der Waals surface area contributed by atoms with Gasteiger partial charge in [-0.3, -0.25) is 9.59 Å². The fourth-order valence-electron chi connectivity index (χ4n) is 4.35. The van der Waals surface area contributed by atoms with Crippen LogP contribution in [0.25, 0.3) is 0 Å². The van der Waals surface area contributed by atoms with Crippen LogP contribution in [0.4, 0.5) is 4.39 Å². The summed E-state index contributed by atoms with van der Waals surface area (Å²) in [5.41, 5.74) is 2.89. The number of methoxy groups -OCH3 is 2. The first kappa shape index (κ1) is 20.6. The van der Waals surface area contributed by atoms with Crippen molar-refractivity contribution in [2.75, 3.05) is 14.2 Å². The molecule has 0 spiro atoms. The largest absolute Gasteiger partial charge is 0.496 e. The van der Waals surface area contributed by atoms with Gasteiger partial charge in [0.15, 0.2) is 5.78 Å². The topological polar surface area (TPSA) is 64.6 Å². The van der Waals surface area contributed by atoms with Crippen LogP contribution in [0.5, 0.6) is 11.5 Å². The highest BCUT2D eigenvalue weighted by atomic mass is 79.9. The fourth-order valence-corrected chi connectivity index (χ4v) is 4.84. The van der Waals surface area contributed by atoms with Gasteiger partial charge >= 0.3 is 0 Å². The van der Waals surface area contributed by atoms with Crippen molar-refractivity contribution >= 4 is 27.6 Å². The zero-order valence-electron chi connectivity index (χ0n) is 16.6. The standard InChI is InChI=1S/C23H21BrFNO4/c1-29-20-11-17(24)21(30-2)9-15(20)16-10-22(28)26-18-7-13(8-19(27)23(16)18)12-3-5-14(25)6-4-12/h3-6,9,11,13,16H,7-8,10H2,1-2H3,(H,26,28)/t13-,16+/m0/s1. The second kappa shape index (κ2) is 8.22. The van der Waals surface area contributed by atoms with E-state index in [4.69, 9.17) is 9.47 Å². The summed E-state index contributed by atoms with van der Waals surface area (Å²) in [5.74, 6) is 0.205. The smallest absolute Gasteiger partial charge is 0.225 e. The Balaban J connectivity index is 1.77. The molecule has 1 amide bonds. The van der Waals surface area contributed by atoms with Gasteiger partial charge in [-0.1, -0.05) is 12.1 Å². The van der Waals surface area contributed by atoms with Crippen LogP contribution < -0.4 is 14.8 Å². The van der Waals surface area contributed by atoms with Crippen molar-refractivity contribution < 1.29 is 23.5 Å². The second-order valence-electron chi connectivity index (χ2n) is 7.51. The van der Waals surface area contributed by atoms with E-state index in [9.17, 15) is 14.0 Å². The summed E-state index contributed by atoms with van der Waals surface area (Å²) in [6, 6.07) is 9.79. The number of rotatable bonds is 4. The fraction of sp³-hybridized carbons (Fsp3) is 0.304. The lowest BCUT2D eigenvalue weighted by atomic mass is 9.73. The average Bonchev–Trinajstić information content (AvgIpc) is 2.73. The maximum Gasteiger partial charge on any atom is 0.225 e. The summed E-state index contributed by atoms with van der Waals surface area (Å²) < 4.78 is 25.0. The molecule has 1 aliphatic heterocycles. The molecule has 0 aromatic heterocycles. The van der Waals surface area contributed by atoms with Gasteiger partial charge in [0.05, 0.1) is 18.7 Å². The van der Waals surface area contributed by atoms with Crippen LogP contribution >= 0.6 is 15.9 Å². The number of ether oxygens (including phenoxy) is 2. The third-order valence-electron chi connectivity index (χ3n) is 5.76. The van der Waals surface area contributed by atoms with Gasteiger partial charge in [0.1, 0.15) is 17.3 Å². The van der Waals surface area contributed by atoms with Gasteiger partial charge in [-0.15, -0.1) is 0 Å². The van der Waals surface area contributed by atoms with Crippen LogP contribution in [-0.4, -0.2) is 25.9 Å². The van der Waals surface area contributed by atoms with Gasteiger partial charge in [-0.2, -0.15) is 0 Å². The quantitative estimate of drug-likeness (QED) is 0.703. The summed E-state index contributed by atoms with van der Waals surface area (Å²) >= 11 is 3.45. The minimum atomic E-state index is -0.410. The Bertz CT molecular complexity index is 1050. The number of hydrogen-bond acceptors (Lipinski definition) is 4. The van der Waals surface area contributed by atoms with Crippen molar-refractivity contribution in [3.05, 3.63) is 69.1 Å². The van der Waals surface area contributed by atoms with Gasteiger partial charge in [-0.25, -0.2) is 4.39 Å². The van der Waals surface area contributed by atoms with E-state index >= 15 is 0 Å². The molecule has 156 valence electrons. The normalized spacial score (nSPS) is 21.2. The zero-order valence-corrected chi connectivity index (χ0v) is 18.2. The molecule has 0 radical (unpaired) electrons. The summed E-state index contributed by atoms with van der Waals surface area (Å²) in [4.78, 5) is 25.8. The first-order chi connectivity index (χ1) is 14.4. The van der Waals surface area contributed by atoms with E-state index in [0.717, 1.165) is 15.6 Å². The van der Waals surface area contributed by atoms with Gasteiger partial charge in [-0.05, 0) is 58.1 Å². The van der Waals surface area contributed by atoms with E-state index in [2.05, 4.69) is 21.2 Å². The number of carbonyl (C=O) groups excluding carboxylic acids is 2. The molecule has 0 bridgehead atoms. The molecule has 1 aliphatic carbocycles. The van der Waals surface area contributed by atoms with Crippen molar-refractivity contribution in [1.82, 2.24) is 5.32 Å². The molecule has 0 unspecified atom stereocenters. The van der Waals surface area contributed by atoms with Crippen molar-refractivity contribution in [3.8, 4) is 11.5 Å². The van der Waals surface area contributed by atoms with E-state index in [-0.39, 0.29) is 29.8 Å². The van der Waals surface area contributed by atoms with Crippen LogP contribution in [0.1, 0.15) is 42.2 Å². The maximum absolute atomic E-state index is 13.3. The number of amides is 1. The number of hydrogen-bond donors (Lipinski definition) is 1. The monoisotopic (exact) mass is 473 g/mol. The third kappa shape index (κ3) is 3.74. The first-order valence-electron chi connectivity index (χ1n) is 9.64. The SMILES string of the molecule is COc1cc([C@H]2CC(=O)NC3=C2C(=O)C[C@@H](c2ccc(F)cc2)C3)c(OC)cc1Br. The molecule has 2 atom stereocenters. The lowest BCUT2D eigenvalue weighted by Gasteiger charge is -2.35. The molecule has 2 aliphatic rings. The molecule has 5 nitrogen and oxygen atoms in total. The summed E-state index contributed by atoms with van der Waals surface area (Å²) in [6.07, 6.45) is 0.991. The van der Waals surface area contributed by atoms with E-state index in [0.29, 0.717) is 35.6 Å². The molecule has 4 rings (SSSR count). The lowest BCUT2D eigenvalue weighted by Crippen LogP contribution is -2.38. The molecule has 30 heavy (non-hydrogen) atoms. The van der Waals surface area contributed by atoms with Crippen LogP contribution in [0.2, 0.25) is 0 Å². The predicted octanol–water partition coefficient (Wildman–Crippen LogP) is 4.61. The molecule has 2 aromatic carbocycles. The van der Waals surface area contributed by atoms with E-state index in [1.165, 1.54) is 12.1 Å². The molecule has 2 aromatic rings. The highest BCUT2D eigenvalue weighted by molar-refractivity contribution is 9.10. The highest BCUT2D eigenvalue weighted by Crippen LogP contribution is 2.46. The number of nitrogens with one attached hydrogen (secondary N) is 1. The maximum atomic E-state index is 13.3. The predicted molar refractivity (Wildman–Crippen MR) is 113 cm³/mol. The zero-order chi connectivity index (χ0) is 21.4. The summed E-state index contributed by atoms with van der Waals surface area (Å²) in [6.45, 7) is 0. The second-order valence-corrected chi connectivity index (χ2v) is 8.36. The molecule has 0 saturated heterocycles. The van der Waals surface area contributed by atoms with Gasteiger partial charge in [0.2, 0.25) is 5.91 Å². The van der Waals surface area contributed by atoms with Crippen LogP contribution in [0.15, 0.2) is 52.1 Å². The Morgan fingerprint density at radius 1 is 1.00 bits per heavy atom. The Labute approximate surface area is 182 Å². The molecular formula is C23H21BrFNO4. The van der Waals surface area contributed by atoms with Gasteiger partial charge in [0, 0.05) is 35.6 Å². The minimum absolute atomic E-state index is 0.0143. The number of allylic oxidation sites excluding steroid dienone is 2. The van der Waals surface area contributed by atoms with Crippen molar-refractivity contribution in [2.45, 2.75) is 31.1 Å². The lowest BCUT2D eigenvalue weighted by molar-refractivity contribution is -0.122. The average molecular weight is 474 g/mol. The van der Waals surface area contributed by atoms with Gasteiger partial charge < -0.3 is 14.8 Å². The molecule has 1 N–H and O–H groups in total. The van der Waals surface area contributed by atoms with Crippen LogP contribution in [0.3, 0.4) is 0 Å². The number of benzene rings is 2. The highest BCUT2D eigenvalue weighted by Gasteiger charge is 2.39. The van der Waals surface area contributed by atoms with Gasteiger partial charge in [0.25, 0.3) is 0 Å². The molecule has 0 saturated carbocycles. The van der Waals surface area contributed by atoms with Crippen molar-refractivity contribution in [1.29, 1.82) is 0 Å². The summed E-state index contributed by atoms with van der Waals surface area (Å²) in [5, 5.41) is 2.90. The number of ketones is 1. The third-order valence-corrected chi connectivity index (χ3v) is 6.38. The Kier molecular flexibility index (Phi) is 5.64. The minimum Gasteiger partial charge on any atom is -0.496 e. The molecular weight excluding hydrogens is 453 g/mol. The number of carbonyl (C=O) groups is 2. The Morgan fingerprint density at radius 2 is 1.70 bits per heavy atom. The summed E-state index contributed by atoms with van der Waals surface area (Å²) in [7, 11) is 3.12. The molecule has 7 heteroatoms. The molecule has 0 fully saturated rings. The number of halogens is 2. The van der Waals surface area contributed by atoms with E-state index in [1.54, 1.807) is 32.4 Å². The Hall–Kier alpha value is -2.67. The van der Waals surface area contributed by atoms with E-state index < -0.39 is 5.92 Å². The van der Waals surface area contributed by atoms with Crippen LogP contribution in [0, 0.1) is 5.82 Å². The Morgan fingerprint density at radius 3 is 2.37 bits per heavy atom. The first-order valence-corrected chi connectivity index (χ1v) is 10.4. The van der Waals surface area contributed by atoms with Crippen molar-refractivity contribution in [2.24, 2.45) is 0 Å². The number of Topliss-reactive ketones (excluding diaryl/α,β-unsaturated/α-hetero) is 1. The van der Waals surface area contributed by atoms with E-state index in [1.807, 2.05) is 6.07 Å². The molecule has 1 heterocycles. The van der Waals surface area contributed by atoms with Crippen molar-refractivity contribution in [3.63, 3.8) is 0 Å².